The van der Waals surface area contributed by atoms with Gasteiger partial charge < -0.3 is 19.8 Å². The van der Waals surface area contributed by atoms with Gasteiger partial charge in [0, 0.05) is 0 Å². The molecule has 4 nitrogen and oxygen atoms in total. The van der Waals surface area contributed by atoms with Crippen molar-refractivity contribution in [3.05, 3.63) is 0 Å². The Morgan fingerprint density at radius 1 is 0.680 bits per heavy atom. The first-order chi connectivity index (χ1) is 11.3. The average molecular weight is 491 g/mol. The van der Waals surface area contributed by atoms with Crippen LogP contribution in [0.15, 0.2) is 0 Å². The van der Waals surface area contributed by atoms with Crippen molar-refractivity contribution in [2.24, 2.45) is 0 Å². The Hall–Kier alpha value is 2.30. The molecule has 0 aromatic carbocycles. The predicted molar refractivity (Wildman–Crippen MR) is 121 cm³/mol. The van der Waals surface area contributed by atoms with Crippen LogP contribution >= 0.6 is 70.6 Å². The summed E-state index contributed by atoms with van der Waals surface area (Å²) in [4.78, 5) is 21.7. The van der Waals surface area contributed by atoms with Crippen molar-refractivity contribution in [1.29, 1.82) is 0 Å². The van der Waals surface area contributed by atoms with Crippen LogP contribution in [-0.2, 0) is 9.59 Å². The van der Waals surface area contributed by atoms with E-state index in [1.54, 1.807) is 23.5 Å². The maximum Gasteiger partial charge on any atom is 2.00 e. The smallest absolute Gasteiger partial charge is 0.548 e. The summed E-state index contributed by atoms with van der Waals surface area (Å²) < 4.78 is -1.49. The van der Waals surface area contributed by atoms with E-state index in [9.17, 15) is 19.8 Å². The molecule has 0 spiro atoms. The number of hydrogen-bond donors (Lipinski definition) is 0. The maximum atomic E-state index is 10.8. The van der Waals surface area contributed by atoms with Gasteiger partial charge in [0.15, 0.2) is 0 Å². The van der Waals surface area contributed by atoms with Crippen LogP contribution in [0.3, 0.4) is 0 Å². The molecule has 0 unspecified atom stereocenters. The minimum Gasteiger partial charge on any atom is -0.548 e. The van der Waals surface area contributed by atoms with E-state index in [0.29, 0.717) is 12.8 Å². The molecule has 0 aliphatic carbocycles. The number of hydrogen-bond acceptors (Lipinski definition) is 10. The monoisotopic (exact) mass is 490 g/mol. The molecule has 11 heteroatoms. The Balaban J connectivity index is -0.000000372. The molecule has 0 aliphatic rings. The van der Waals surface area contributed by atoms with Gasteiger partial charge in [-0.15, -0.1) is 47.0 Å². The number of carbonyl (C=O) groups is 2. The second kappa shape index (κ2) is 18.3. The number of carboxylic acids is 2. The van der Waals surface area contributed by atoms with Crippen molar-refractivity contribution >= 4 is 120 Å². The Kier molecular flexibility index (Phi) is 23.5. The molecule has 0 heterocycles. The van der Waals surface area contributed by atoms with E-state index < -0.39 is 20.1 Å². The molecule has 0 fully saturated rings. The van der Waals surface area contributed by atoms with Gasteiger partial charge in [-0.25, -0.2) is 0 Å². The molecule has 0 aromatic rings. The molecule has 0 saturated carbocycles. The fourth-order valence-corrected chi connectivity index (χ4v) is 6.35. The van der Waals surface area contributed by atoms with Gasteiger partial charge >= 0.3 is 37.7 Å². The van der Waals surface area contributed by atoms with Crippen LogP contribution < -0.4 is 10.2 Å². The first kappa shape index (κ1) is 32.0. The van der Waals surface area contributed by atoms with Crippen LogP contribution in [-0.4, -0.2) is 107 Å². The van der Waals surface area contributed by atoms with E-state index in [-0.39, 0.29) is 37.7 Å². The van der Waals surface area contributed by atoms with Gasteiger partial charge in [0.05, 0.1) is 11.9 Å². The Morgan fingerprint density at radius 3 is 1.04 bits per heavy atom. The molecular weight excluding hydrogens is 465 g/mol. The predicted octanol–water partition coefficient (Wildman–Crippen LogP) is 1.44. The second-order valence-electron chi connectivity index (χ2n) is 4.38. The normalized spacial score (nSPS) is 11.1. The SMILES string of the molecule is CSCCC(SC)(SC)C(=O)[O-].CSCCC(SC)(SC)C(=O)[O-].[Ca+2]. The molecule has 0 amide bonds. The van der Waals surface area contributed by atoms with Gasteiger partial charge in [0.2, 0.25) is 0 Å². The number of carbonyl (C=O) groups excluding carboxylic acids is 2. The summed E-state index contributed by atoms with van der Waals surface area (Å²) in [6.45, 7) is 0. The molecule has 0 aliphatic heterocycles. The van der Waals surface area contributed by atoms with Crippen molar-refractivity contribution in [3.8, 4) is 0 Å². The molecule has 0 radical (unpaired) electrons. The standard InChI is InChI=1S/2C7H14O2S3.Ca/c2*1-10-5-4-7(11-2,12-3)6(8)9;/h2*4-5H2,1-3H3,(H,8,9);/q;;+2/p-2. The molecule has 25 heavy (non-hydrogen) atoms. The summed E-state index contributed by atoms with van der Waals surface area (Å²) in [7, 11) is 0. The number of aliphatic carboxylic acids is 2. The number of carboxylic acid groups (broad SMARTS) is 2. The van der Waals surface area contributed by atoms with Crippen molar-refractivity contribution in [1.82, 2.24) is 0 Å². The molecule has 0 atom stereocenters. The van der Waals surface area contributed by atoms with Gasteiger partial charge in [0.1, 0.15) is 8.16 Å². The molecule has 0 aromatic heterocycles. The summed E-state index contributed by atoms with van der Waals surface area (Å²) in [5.74, 6) is -0.209. The largest absolute Gasteiger partial charge is 2.00 e. The molecule has 0 rings (SSSR count). The summed E-state index contributed by atoms with van der Waals surface area (Å²) in [5, 5.41) is 21.7. The van der Waals surface area contributed by atoms with Crippen LogP contribution in [0.2, 0.25) is 0 Å². The van der Waals surface area contributed by atoms with Gasteiger partial charge in [-0.1, -0.05) is 0 Å². The van der Waals surface area contributed by atoms with Crippen molar-refractivity contribution in [2.75, 3.05) is 49.0 Å². The summed E-state index contributed by atoms with van der Waals surface area (Å²) in [5.41, 5.74) is 0. The van der Waals surface area contributed by atoms with Crippen molar-refractivity contribution in [2.45, 2.75) is 21.0 Å². The summed E-state index contributed by atoms with van der Waals surface area (Å²) in [6.07, 6.45) is 12.5. The number of thioether (sulfide) groups is 6. The zero-order valence-corrected chi connectivity index (χ0v) is 22.7. The second-order valence-corrected chi connectivity index (χ2v) is 11.3. The van der Waals surface area contributed by atoms with E-state index in [2.05, 4.69) is 0 Å². The third-order valence-corrected chi connectivity index (χ3v) is 10.6. The van der Waals surface area contributed by atoms with E-state index >= 15 is 0 Å². The van der Waals surface area contributed by atoms with E-state index in [1.807, 2.05) is 37.5 Å². The van der Waals surface area contributed by atoms with Crippen LogP contribution in [0.4, 0.5) is 0 Å². The third kappa shape index (κ3) is 11.8. The maximum absolute atomic E-state index is 10.8. The molecule has 144 valence electrons. The molecule has 0 bridgehead atoms. The first-order valence-electron chi connectivity index (χ1n) is 6.87. The summed E-state index contributed by atoms with van der Waals surface area (Å²) >= 11 is 8.73. The third-order valence-electron chi connectivity index (χ3n) is 3.21. The number of rotatable bonds is 12. The molecule has 0 saturated heterocycles. The van der Waals surface area contributed by atoms with Gasteiger partial charge in [-0.05, 0) is 61.9 Å². The first-order valence-corrected chi connectivity index (χ1v) is 14.6. The molecule has 0 N–H and O–H groups in total. The van der Waals surface area contributed by atoms with E-state index in [4.69, 9.17) is 0 Å². The average Bonchev–Trinajstić information content (AvgIpc) is 2.58. The van der Waals surface area contributed by atoms with Crippen molar-refractivity contribution < 1.29 is 19.8 Å². The van der Waals surface area contributed by atoms with Crippen LogP contribution in [0.1, 0.15) is 12.8 Å². The van der Waals surface area contributed by atoms with E-state index in [0.717, 1.165) is 11.5 Å². The minimum absolute atomic E-state index is 0. The van der Waals surface area contributed by atoms with Crippen LogP contribution in [0.5, 0.6) is 0 Å². The van der Waals surface area contributed by atoms with Gasteiger partial charge in [-0.3, -0.25) is 0 Å². The van der Waals surface area contributed by atoms with Gasteiger partial charge in [-0.2, -0.15) is 23.5 Å². The zero-order chi connectivity index (χ0) is 19.2. The minimum atomic E-state index is -0.962. The fraction of sp³-hybridized carbons (Fsp3) is 0.857. The quantitative estimate of drug-likeness (QED) is 0.296. The molecular formula is C14H26CaO4S6. The van der Waals surface area contributed by atoms with Crippen LogP contribution in [0.25, 0.3) is 0 Å². The van der Waals surface area contributed by atoms with Gasteiger partial charge in [0.25, 0.3) is 0 Å². The van der Waals surface area contributed by atoms with Crippen molar-refractivity contribution in [3.63, 3.8) is 0 Å². The van der Waals surface area contributed by atoms with E-state index in [1.165, 1.54) is 47.0 Å². The Labute approximate surface area is 207 Å². The van der Waals surface area contributed by atoms with Crippen LogP contribution in [0, 0.1) is 0 Å². The Morgan fingerprint density at radius 2 is 0.920 bits per heavy atom. The zero-order valence-electron chi connectivity index (χ0n) is 15.6. The topological polar surface area (TPSA) is 80.3 Å². The fourth-order valence-electron chi connectivity index (χ4n) is 1.59. The summed E-state index contributed by atoms with van der Waals surface area (Å²) in [6, 6.07) is 0. The Bertz CT molecular complexity index is 331.